The number of aryl methyl sites for hydroxylation is 2. The van der Waals surface area contributed by atoms with Crippen LogP contribution in [0, 0.1) is 12.8 Å². The van der Waals surface area contributed by atoms with Gasteiger partial charge in [-0.25, -0.2) is 4.98 Å². The molecule has 1 saturated heterocycles. The topological polar surface area (TPSA) is 57.5 Å². The van der Waals surface area contributed by atoms with E-state index in [1.165, 1.54) is 38.0 Å². The Morgan fingerprint density at radius 3 is 2.93 bits per heavy atom. The van der Waals surface area contributed by atoms with Gasteiger partial charge >= 0.3 is 0 Å². The van der Waals surface area contributed by atoms with Crippen LogP contribution in [0.15, 0.2) is 29.3 Å². The van der Waals surface area contributed by atoms with Crippen LogP contribution in [-0.2, 0) is 6.54 Å². The number of aliphatic imine (C=N–C) groups is 1. The molecule has 1 aromatic carbocycles. The fourth-order valence-corrected chi connectivity index (χ4v) is 3.98. The number of rotatable bonds is 8. The van der Waals surface area contributed by atoms with Gasteiger partial charge in [0.2, 0.25) is 0 Å². The third-order valence-corrected chi connectivity index (χ3v) is 5.39. The molecule has 1 unspecified atom stereocenters. The van der Waals surface area contributed by atoms with Crippen LogP contribution in [0.25, 0.3) is 11.0 Å². The van der Waals surface area contributed by atoms with E-state index in [1.807, 2.05) is 13.1 Å². The first-order chi connectivity index (χ1) is 13.2. The molecular formula is C21H34N6. The van der Waals surface area contributed by atoms with E-state index < -0.39 is 0 Å². The van der Waals surface area contributed by atoms with Crippen LogP contribution in [0.2, 0.25) is 0 Å². The van der Waals surface area contributed by atoms with Crippen molar-refractivity contribution < 1.29 is 0 Å². The van der Waals surface area contributed by atoms with Crippen molar-refractivity contribution >= 4 is 17.0 Å². The van der Waals surface area contributed by atoms with Gasteiger partial charge in [-0.1, -0.05) is 19.1 Å². The van der Waals surface area contributed by atoms with Gasteiger partial charge < -0.3 is 20.1 Å². The minimum Gasteiger partial charge on any atom is -0.356 e. The van der Waals surface area contributed by atoms with Gasteiger partial charge in [0, 0.05) is 33.2 Å². The summed E-state index contributed by atoms with van der Waals surface area (Å²) < 4.78 is 2.30. The third kappa shape index (κ3) is 5.22. The Morgan fingerprint density at radius 2 is 2.11 bits per heavy atom. The molecule has 1 aliphatic rings. The number of hydrogen-bond donors (Lipinski definition) is 2. The molecule has 0 aliphatic carbocycles. The summed E-state index contributed by atoms with van der Waals surface area (Å²) >= 11 is 0. The van der Waals surface area contributed by atoms with Gasteiger partial charge in [0.15, 0.2) is 5.96 Å². The second kappa shape index (κ2) is 9.74. The molecule has 0 spiro atoms. The van der Waals surface area contributed by atoms with Gasteiger partial charge in [-0.2, -0.15) is 0 Å². The minimum absolute atomic E-state index is 0.732. The van der Waals surface area contributed by atoms with E-state index >= 15 is 0 Å². The molecule has 3 rings (SSSR count). The lowest BCUT2D eigenvalue weighted by molar-refractivity contribution is 0.324. The summed E-state index contributed by atoms with van der Waals surface area (Å²) in [6.45, 7) is 10.9. The average Bonchev–Trinajstić information content (AvgIpc) is 3.25. The maximum atomic E-state index is 4.64. The van der Waals surface area contributed by atoms with E-state index in [0.29, 0.717) is 0 Å². The van der Waals surface area contributed by atoms with Crippen LogP contribution in [0.3, 0.4) is 0 Å². The molecule has 1 aliphatic heterocycles. The summed E-state index contributed by atoms with van der Waals surface area (Å²) in [4.78, 5) is 11.6. The maximum Gasteiger partial charge on any atom is 0.190 e. The van der Waals surface area contributed by atoms with E-state index in [9.17, 15) is 0 Å². The van der Waals surface area contributed by atoms with Crippen molar-refractivity contribution in [2.45, 2.75) is 39.7 Å². The van der Waals surface area contributed by atoms with Gasteiger partial charge in [0.05, 0.1) is 11.0 Å². The molecule has 2 heterocycles. The second-order valence-electron chi connectivity index (χ2n) is 7.49. The van der Waals surface area contributed by atoms with Crippen LogP contribution < -0.4 is 10.6 Å². The molecule has 0 amide bonds. The van der Waals surface area contributed by atoms with Crippen molar-refractivity contribution in [1.82, 2.24) is 25.1 Å². The summed E-state index contributed by atoms with van der Waals surface area (Å²) in [5.74, 6) is 2.72. The highest BCUT2D eigenvalue weighted by Crippen LogP contribution is 2.16. The standard InChI is InChI=1S/C21H34N6/c1-4-12-26-14-10-18(16-26)15-24-21(22-3)23-11-7-13-27-17(2)25-19-8-5-6-9-20(19)27/h5-6,8-9,18H,4,7,10-16H2,1-3H3,(H2,22,23,24). The third-order valence-electron chi connectivity index (χ3n) is 5.39. The molecule has 148 valence electrons. The SMILES string of the molecule is CCCN1CCC(CNC(=NC)NCCCn2c(C)nc3ccccc32)C1. The molecule has 1 fully saturated rings. The van der Waals surface area contributed by atoms with E-state index in [2.05, 4.69) is 62.1 Å². The summed E-state index contributed by atoms with van der Waals surface area (Å²) in [6.07, 6.45) is 3.57. The molecule has 6 heteroatoms. The zero-order valence-electron chi connectivity index (χ0n) is 17.0. The monoisotopic (exact) mass is 370 g/mol. The Hall–Kier alpha value is -2.08. The second-order valence-corrected chi connectivity index (χ2v) is 7.49. The normalized spacial score (nSPS) is 18.3. The van der Waals surface area contributed by atoms with Gasteiger partial charge in [-0.05, 0) is 57.3 Å². The summed E-state index contributed by atoms with van der Waals surface area (Å²) in [6, 6.07) is 8.34. The van der Waals surface area contributed by atoms with E-state index in [0.717, 1.165) is 49.3 Å². The molecule has 27 heavy (non-hydrogen) atoms. The van der Waals surface area contributed by atoms with Crippen molar-refractivity contribution in [2.75, 3.05) is 39.8 Å². The number of likely N-dealkylation sites (tertiary alicyclic amines) is 1. The Balaban J connectivity index is 1.39. The Bertz CT molecular complexity index is 750. The van der Waals surface area contributed by atoms with Gasteiger partial charge in [0.25, 0.3) is 0 Å². The molecule has 0 bridgehead atoms. The van der Waals surface area contributed by atoms with Crippen molar-refractivity contribution in [2.24, 2.45) is 10.9 Å². The first kappa shape index (κ1) is 19.7. The molecule has 1 atom stereocenters. The molecule has 2 N–H and O–H groups in total. The number of nitrogens with one attached hydrogen (secondary N) is 2. The lowest BCUT2D eigenvalue weighted by Crippen LogP contribution is -2.40. The van der Waals surface area contributed by atoms with Crippen molar-refractivity contribution in [3.05, 3.63) is 30.1 Å². The summed E-state index contributed by atoms with van der Waals surface area (Å²) in [5, 5.41) is 6.95. The first-order valence-electron chi connectivity index (χ1n) is 10.3. The first-order valence-corrected chi connectivity index (χ1v) is 10.3. The van der Waals surface area contributed by atoms with Crippen LogP contribution in [0.5, 0.6) is 0 Å². The van der Waals surface area contributed by atoms with Crippen LogP contribution in [0.4, 0.5) is 0 Å². The number of nitrogens with zero attached hydrogens (tertiary/aromatic N) is 4. The van der Waals surface area contributed by atoms with Crippen LogP contribution >= 0.6 is 0 Å². The molecule has 6 nitrogen and oxygen atoms in total. The number of fused-ring (bicyclic) bond motifs is 1. The molecule has 2 aromatic rings. The van der Waals surface area contributed by atoms with Crippen molar-refractivity contribution in [1.29, 1.82) is 0 Å². The Labute approximate surface area is 163 Å². The highest BCUT2D eigenvalue weighted by molar-refractivity contribution is 5.79. The summed E-state index contributed by atoms with van der Waals surface area (Å²) in [5.41, 5.74) is 2.30. The number of imidazole rings is 1. The van der Waals surface area contributed by atoms with Gasteiger partial charge in [-0.15, -0.1) is 0 Å². The average molecular weight is 371 g/mol. The van der Waals surface area contributed by atoms with Gasteiger partial charge in [0.1, 0.15) is 5.82 Å². The fourth-order valence-electron chi connectivity index (χ4n) is 3.98. The maximum absolute atomic E-state index is 4.64. The highest BCUT2D eigenvalue weighted by Gasteiger charge is 2.21. The number of aromatic nitrogens is 2. The van der Waals surface area contributed by atoms with Crippen LogP contribution in [-0.4, -0.2) is 60.2 Å². The fraction of sp³-hybridized carbons (Fsp3) is 0.619. The zero-order chi connectivity index (χ0) is 19.1. The molecule has 0 radical (unpaired) electrons. The quantitative estimate of drug-likeness (QED) is 0.426. The lowest BCUT2D eigenvalue weighted by atomic mass is 10.1. The van der Waals surface area contributed by atoms with Crippen molar-refractivity contribution in [3.63, 3.8) is 0 Å². The summed E-state index contributed by atoms with van der Waals surface area (Å²) in [7, 11) is 1.85. The Kier molecular flexibility index (Phi) is 7.10. The number of hydrogen-bond acceptors (Lipinski definition) is 3. The van der Waals surface area contributed by atoms with Crippen LogP contribution in [0.1, 0.15) is 32.0 Å². The Morgan fingerprint density at radius 1 is 1.26 bits per heavy atom. The van der Waals surface area contributed by atoms with E-state index in [-0.39, 0.29) is 0 Å². The lowest BCUT2D eigenvalue weighted by Gasteiger charge is -2.17. The highest BCUT2D eigenvalue weighted by atomic mass is 15.2. The van der Waals surface area contributed by atoms with E-state index in [4.69, 9.17) is 0 Å². The number of guanidine groups is 1. The predicted molar refractivity (Wildman–Crippen MR) is 113 cm³/mol. The van der Waals surface area contributed by atoms with Gasteiger partial charge in [-0.3, -0.25) is 4.99 Å². The molecule has 0 saturated carbocycles. The molecular weight excluding hydrogens is 336 g/mol. The largest absolute Gasteiger partial charge is 0.356 e. The van der Waals surface area contributed by atoms with Crippen molar-refractivity contribution in [3.8, 4) is 0 Å². The smallest absolute Gasteiger partial charge is 0.190 e. The number of benzene rings is 1. The number of para-hydroxylation sites is 2. The molecule has 1 aromatic heterocycles. The minimum atomic E-state index is 0.732. The predicted octanol–water partition coefficient (Wildman–Crippen LogP) is 2.63. The zero-order valence-corrected chi connectivity index (χ0v) is 17.0. The van der Waals surface area contributed by atoms with E-state index in [1.54, 1.807) is 0 Å².